The first kappa shape index (κ1) is 24.1. The Morgan fingerprint density at radius 2 is 1.74 bits per heavy atom. The van der Waals surface area contributed by atoms with Gasteiger partial charge in [-0.15, -0.1) is 0 Å². The number of rotatable bonds is 7. The van der Waals surface area contributed by atoms with Gasteiger partial charge in [-0.05, 0) is 24.6 Å². The fraction of sp³-hybridized carbons (Fsp3) is 0.276. The van der Waals surface area contributed by atoms with E-state index in [-0.39, 0.29) is 5.91 Å². The number of aromatic nitrogens is 2. The van der Waals surface area contributed by atoms with Gasteiger partial charge in [0.2, 0.25) is 5.91 Å². The van der Waals surface area contributed by atoms with Crippen molar-refractivity contribution in [2.24, 2.45) is 0 Å². The summed E-state index contributed by atoms with van der Waals surface area (Å²) >= 11 is 0. The van der Waals surface area contributed by atoms with E-state index in [4.69, 9.17) is 4.74 Å². The second-order valence-electron chi connectivity index (χ2n) is 9.74. The number of fused-ring (bicyclic) bond motifs is 2. The molecule has 4 heterocycles. The molecule has 0 unspecified atom stereocenters. The van der Waals surface area contributed by atoms with Gasteiger partial charge in [0.1, 0.15) is 0 Å². The van der Waals surface area contributed by atoms with E-state index in [9.17, 15) is 14.4 Å². The Kier molecular flexibility index (Phi) is 6.30. The third kappa shape index (κ3) is 4.40. The van der Waals surface area contributed by atoms with Crippen LogP contribution in [0.4, 0.5) is 5.69 Å². The lowest BCUT2D eigenvalue weighted by Crippen LogP contribution is -2.37. The zero-order valence-electron chi connectivity index (χ0n) is 21.2. The lowest BCUT2D eigenvalue weighted by molar-refractivity contribution is -0.123. The summed E-state index contributed by atoms with van der Waals surface area (Å²) in [6.07, 6.45) is 4.66. The van der Waals surface area contributed by atoms with Crippen molar-refractivity contribution in [3.8, 4) is 0 Å². The van der Waals surface area contributed by atoms with E-state index in [0.29, 0.717) is 28.0 Å². The molecule has 3 amide bonds. The molecule has 194 valence electrons. The summed E-state index contributed by atoms with van der Waals surface area (Å²) in [4.78, 5) is 43.7. The maximum atomic E-state index is 13.2. The number of ether oxygens (including phenoxy) is 1. The van der Waals surface area contributed by atoms with Crippen LogP contribution in [0.5, 0.6) is 0 Å². The van der Waals surface area contributed by atoms with E-state index in [1.807, 2.05) is 48.7 Å². The molecule has 0 spiro atoms. The number of morpholine rings is 1. The highest BCUT2D eigenvalue weighted by molar-refractivity contribution is 6.50. The highest BCUT2D eigenvalue weighted by Crippen LogP contribution is 2.39. The Balaban J connectivity index is 1.45. The predicted octanol–water partition coefficient (Wildman–Crippen LogP) is 3.37. The van der Waals surface area contributed by atoms with E-state index in [0.717, 1.165) is 67.6 Å². The van der Waals surface area contributed by atoms with Gasteiger partial charge in [-0.25, -0.2) is 0 Å². The molecular weight excluding hydrogens is 482 g/mol. The van der Waals surface area contributed by atoms with Crippen molar-refractivity contribution in [1.29, 1.82) is 0 Å². The molecular formula is C29H29N5O4. The van der Waals surface area contributed by atoms with Crippen LogP contribution in [0, 0.1) is 0 Å². The van der Waals surface area contributed by atoms with Crippen LogP contribution in [0.25, 0.3) is 33.0 Å². The predicted molar refractivity (Wildman–Crippen MR) is 146 cm³/mol. The van der Waals surface area contributed by atoms with Crippen molar-refractivity contribution < 1.29 is 19.1 Å². The monoisotopic (exact) mass is 511 g/mol. The molecule has 38 heavy (non-hydrogen) atoms. The third-order valence-corrected chi connectivity index (χ3v) is 7.24. The fourth-order valence-electron chi connectivity index (χ4n) is 5.49. The third-order valence-electron chi connectivity index (χ3n) is 7.24. The second kappa shape index (κ2) is 9.92. The molecule has 6 rings (SSSR count). The first-order valence-electron chi connectivity index (χ1n) is 12.9. The number of carbonyl (C=O) groups excluding carboxylic acids is 3. The van der Waals surface area contributed by atoms with Gasteiger partial charge in [-0.2, -0.15) is 0 Å². The number of aromatic amines is 1. The molecule has 0 saturated carbocycles. The molecule has 4 aromatic rings. The van der Waals surface area contributed by atoms with E-state index in [1.54, 1.807) is 6.20 Å². The first-order valence-corrected chi connectivity index (χ1v) is 12.9. The van der Waals surface area contributed by atoms with E-state index >= 15 is 0 Å². The summed E-state index contributed by atoms with van der Waals surface area (Å²) in [6, 6.07) is 13.4. The molecule has 0 aliphatic carbocycles. The minimum atomic E-state index is -0.409. The Morgan fingerprint density at radius 1 is 0.974 bits per heavy atom. The van der Waals surface area contributed by atoms with Crippen molar-refractivity contribution in [3.05, 3.63) is 66.0 Å². The van der Waals surface area contributed by atoms with Gasteiger partial charge >= 0.3 is 0 Å². The van der Waals surface area contributed by atoms with Crippen molar-refractivity contribution in [1.82, 2.24) is 19.8 Å². The van der Waals surface area contributed by atoms with E-state index in [1.165, 1.54) is 6.92 Å². The van der Waals surface area contributed by atoms with Crippen molar-refractivity contribution >= 4 is 56.4 Å². The molecule has 2 aliphatic rings. The number of anilines is 1. The molecule has 2 aromatic carbocycles. The fourth-order valence-corrected chi connectivity index (χ4v) is 5.49. The van der Waals surface area contributed by atoms with Gasteiger partial charge < -0.3 is 19.6 Å². The normalized spacial score (nSPS) is 16.6. The van der Waals surface area contributed by atoms with Crippen LogP contribution in [-0.2, 0) is 25.7 Å². The number of benzene rings is 2. The summed E-state index contributed by atoms with van der Waals surface area (Å²) in [6.45, 7) is 6.49. The second-order valence-corrected chi connectivity index (χ2v) is 9.74. The highest BCUT2D eigenvalue weighted by Gasteiger charge is 2.35. The maximum absolute atomic E-state index is 13.2. The Labute approximate surface area is 219 Å². The van der Waals surface area contributed by atoms with Gasteiger partial charge in [0.15, 0.2) is 0 Å². The smallest absolute Gasteiger partial charge is 0.259 e. The summed E-state index contributed by atoms with van der Waals surface area (Å²) < 4.78 is 7.58. The lowest BCUT2D eigenvalue weighted by atomic mass is 9.95. The highest BCUT2D eigenvalue weighted by atomic mass is 16.5. The van der Waals surface area contributed by atoms with Gasteiger partial charge in [0, 0.05) is 78.6 Å². The quantitative estimate of drug-likeness (QED) is 0.330. The summed E-state index contributed by atoms with van der Waals surface area (Å²) in [5.41, 5.74) is 4.60. The molecule has 3 N–H and O–H groups in total. The number of hydrogen-bond acceptors (Lipinski definition) is 5. The van der Waals surface area contributed by atoms with Crippen molar-refractivity contribution in [2.45, 2.75) is 19.9 Å². The molecule has 1 fully saturated rings. The van der Waals surface area contributed by atoms with Crippen LogP contribution in [0.15, 0.2) is 54.9 Å². The Morgan fingerprint density at radius 3 is 2.53 bits per heavy atom. The number of amides is 3. The first-order chi connectivity index (χ1) is 18.5. The van der Waals surface area contributed by atoms with Gasteiger partial charge in [-0.3, -0.25) is 24.6 Å². The number of H-pyrrole nitrogens is 1. The molecule has 0 radical (unpaired) electrons. The van der Waals surface area contributed by atoms with Gasteiger partial charge in [0.05, 0.1) is 29.9 Å². The van der Waals surface area contributed by atoms with E-state index in [2.05, 4.69) is 25.1 Å². The van der Waals surface area contributed by atoms with Crippen molar-refractivity contribution in [3.63, 3.8) is 0 Å². The lowest BCUT2D eigenvalue weighted by Gasteiger charge is -2.26. The summed E-state index contributed by atoms with van der Waals surface area (Å²) in [5.74, 6) is -0.966. The molecule has 9 nitrogen and oxygen atoms in total. The maximum Gasteiger partial charge on any atom is 0.259 e. The topological polar surface area (TPSA) is 108 Å². The minimum Gasteiger partial charge on any atom is -0.379 e. The average molecular weight is 512 g/mol. The number of para-hydroxylation sites is 1. The largest absolute Gasteiger partial charge is 0.379 e. The van der Waals surface area contributed by atoms with Crippen LogP contribution in [0.1, 0.15) is 24.5 Å². The number of nitrogens with zero attached hydrogens (tertiary/aromatic N) is 2. The number of carbonyl (C=O) groups is 3. The molecule has 2 aliphatic heterocycles. The molecule has 2 aromatic heterocycles. The number of aryl methyl sites for hydroxylation is 1. The molecule has 9 heteroatoms. The van der Waals surface area contributed by atoms with Gasteiger partial charge in [0.25, 0.3) is 11.8 Å². The molecule has 1 saturated heterocycles. The van der Waals surface area contributed by atoms with Gasteiger partial charge in [-0.1, -0.05) is 24.3 Å². The van der Waals surface area contributed by atoms with Crippen LogP contribution in [0.3, 0.4) is 0 Å². The zero-order valence-corrected chi connectivity index (χ0v) is 21.2. The van der Waals surface area contributed by atoms with E-state index < -0.39 is 11.8 Å². The van der Waals surface area contributed by atoms with Crippen LogP contribution in [-0.4, -0.2) is 65.0 Å². The average Bonchev–Trinajstić information content (AvgIpc) is 3.57. The minimum absolute atomic E-state index is 0.153. The number of imide groups is 1. The standard InChI is InChI=1S/C29H29N5O4/c1-18(35)31-19-7-8-21-23(17-34(25(21)15-19)10-4-9-33-11-13-38-14-12-33)27-26(28(36)32-29(27)37)22-16-30-24-6-3-2-5-20(22)24/h2-3,5-8,15-17,30H,4,9-14H2,1H3,(H,31,35)(H,32,36,37). The molecule has 0 atom stereocenters. The molecule has 0 bridgehead atoms. The van der Waals surface area contributed by atoms with Crippen LogP contribution >= 0.6 is 0 Å². The SMILES string of the molecule is CC(=O)Nc1ccc2c(C3=C(c4c[nH]c5ccccc45)C(=O)NC3=O)cn(CCCN3CCOCC3)c2c1. The van der Waals surface area contributed by atoms with Crippen molar-refractivity contribution in [2.75, 3.05) is 38.2 Å². The zero-order chi connectivity index (χ0) is 26.2. The summed E-state index contributed by atoms with van der Waals surface area (Å²) in [5, 5.41) is 7.10. The number of hydrogen-bond donors (Lipinski definition) is 3. The Hall–Kier alpha value is -4.21. The number of nitrogens with one attached hydrogen (secondary N) is 3. The van der Waals surface area contributed by atoms with Crippen LogP contribution in [0.2, 0.25) is 0 Å². The van der Waals surface area contributed by atoms with Crippen LogP contribution < -0.4 is 10.6 Å². The summed E-state index contributed by atoms with van der Waals surface area (Å²) in [7, 11) is 0. The Bertz CT molecular complexity index is 1610.